The summed E-state index contributed by atoms with van der Waals surface area (Å²) in [6, 6.07) is 41.3. The van der Waals surface area contributed by atoms with E-state index in [-0.39, 0.29) is 39.8 Å². The van der Waals surface area contributed by atoms with Gasteiger partial charge in [-0.3, -0.25) is 14.4 Å². The van der Waals surface area contributed by atoms with E-state index in [1.165, 1.54) is 7.11 Å². The molecule has 8 aromatic carbocycles. The van der Waals surface area contributed by atoms with Crippen LogP contribution in [0.5, 0.6) is 17.2 Å². The standard InChI is InChI=1S/C48H31ClN6O6/c1-61-31-12-8-11-28(23-31)50-47(59)38-21-26-9-2-4-13-32(26)42(45(38)57)54-52-29-17-19-34-35-20-18-30(25-37(35)44(56)36(34)24-29)53-55-43-33-14-5-3-10-27(33)22-39(46(43)58)48(60)51-41-16-7-6-15-40(41)49/h2-25,57-58H,1H3,(H,50,59)(H,51,60). The molecule has 0 bridgehead atoms. The van der Waals surface area contributed by atoms with E-state index in [2.05, 4.69) is 31.1 Å². The molecule has 2 amide bonds. The molecule has 1 aliphatic carbocycles. The number of carbonyl (C=O) groups excluding carboxylic acids is 3. The maximum Gasteiger partial charge on any atom is 0.259 e. The number of carbonyl (C=O) groups is 3. The Morgan fingerprint density at radius 3 is 1.64 bits per heavy atom. The Kier molecular flexibility index (Phi) is 9.95. The van der Waals surface area contributed by atoms with Crippen molar-refractivity contribution >= 4 is 84.9 Å². The second-order valence-corrected chi connectivity index (χ2v) is 14.4. The van der Waals surface area contributed by atoms with Gasteiger partial charge in [0.1, 0.15) is 17.1 Å². The van der Waals surface area contributed by atoms with Crippen molar-refractivity contribution in [1.82, 2.24) is 0 Å². The molecule has 0 saturated carbocycles. The topological polar surface area (TPSA) is 174 Å². The molecule has 0 radical (unpaired) electrons. The van der Waals surface area contributed by atoms with Crippen LogP contribution in [0.25, 0.3) is 32.7 Å². The number of halogens is 1. The number of aromatic hydroxyl groups is 2. The molecule has 12 nitrogen and oxygen atoms in total. The van der Waals surface area contributed by atoms with Crippen molar-refractivity contribution < 1.29 is 29.3 Å². The molecule has 9 rings (SSSR count). The first-order valence-corrected chi connectivity index (χ1v) is 19.2. The molecule has 0 unspecified atom stereocenters. The summed E-state index contributed by atoms with van der Waals surface area (Å²) in [5, 5.41) is 48.7. The van der Waals surface area contributed by atoms with Gasteiger partial charge in [-0.1, -0.05) is 90.5 Å². The third-order valence-electron chi connectivity index (χ3n) is 10.2. The van der Waals surface area contributed by atoms with Crippen LogP contribution in [0.15, 0.2) is 166 Å². The first-order chi connectivity index (χ1) is 29.7. The molecule has 4 N–H and O–H groups in total. The summed E-state index contributed by atoms with van der Waals surface area (Å²) in [5.41, 5.74) is 3.84. The number of rotatable bonds is 9. The van der Waals surface area contributed by atoms with Gasteiger partial charge in [-0.2, -0.15) is 10.2 Å². The lowest BCUT2D eigenvalue weighted by Gasteiger charge is -2.12. The lowest BCUT2D eigenvalue weighted by atomic mass is 10.0. The third kappa shape index (κ3) is 7.28. The lowest BCUT2D eigenvalue weighted by Crippen LogP contribution is -2.12. The van der Waals surface area contributed by atoms with Gasteiger partial charge in [-0.05, 0) is 82.6 Å². The summed E-state index contributed by atoms with van der Waals surface area (Å²) in [6.07, 6.45) is 0. The Morgan fingerprint density at radius 2 is 1.08 bits per heavy atom. The minimum Gasteiger partial charge on any atom is -0.505 e. The van der Waals surface area contributed by atoms with Crippen LogP contribution in [-0.2, 0) is 0 Å². The van der Waals surface area contributed by atoms with Gasteiger partial charge >= 0.3 is 0 Å². The number of azo groups is 2. The largest absolute Gasteiger partial charge is 0.505 e. The zero-order valence-corrected chi connectivity index (χ0v) is 32.8. The second-order valence-electron chi connectivity index (χ2n) is 14.0. The SMILES string of the molecule is COc1cccc(NC(=O)c2cc3ccccc3c(N=Nc3ccc4c(c3)C(=O)c3cc(N=Nc5c(O)c(C(=O)Nc6ccccc6Cl)cc6ccccc56)ccc3-4)c2O)c1. The number of nitrogens with zero attached hydrogens (tertiary/aromatic N) is 4. The van der Waals surface area contributed by atoms with Crippen molar-refractivity contribution in [3.8, 4) is 28.4 Å². The van der Waals surface area contributed by atoms with E-state index in [9.17, 15) is 24.6 Å². The Labute approximate surface area is 352 Å². The molecular formula is C48H31ClN6O6. The van der Waals surface area contributed by atoms with Crippen LogP contribution in [0.3, 0.4) is 0 Å². The van der Waals surface area contributed by atoms with Gasteiger partial charge in [0.05, 0.1) is 40.3 Å². The Morgan fingerprint density at radius 1 is 0.557 bits per heavy atom. The first-order valence-electron chi connectivity index (χ1n) is 18.8. The molecule has 0 fully saturated rings. The van der Waals surface area contributed by atoms with Crippen molar-refractivity contribution in [2.45, 2.75) is 0 Å². The molecule has 0 atom stereocenters. The Hall–Kier alpha value is -8.22. The van der Waals surface area contributed by atoms with Crippen LogP contribution in [0.1, 0.15) is 36.6 Å². The van der Waals surface area contributed by atoms with E-state index in [1.54, 1.807) is 133 Å². The smallest absolute Gasteiger partial charge is 0.259 e. The van der Waals surface area contributed by atoms with Crippen LogP contribution < -0.4 is 15.4 Å². The maximum atomic E-state index is 13.9. The van der Waals surface area contributed by atoms with Gasteiger partial charge in [0.25, 0.3) is 11.8 Å². The Balaban J connectivity index is 0.990. The van der Waals surface area contributed by atoms with Crippen molar-refractivity contribution in [2.24, 2.45) is 20.5 Å². The number of phenolic OH excluding ortho intramolecular Hbond substituents is 2. The normalized spacial score (nSPS) is 11.9. The van der Waals surface area contributed by atoms with Gasteiger partial charge in [0, 0.05) is 33.7 Å². The van der Waals surface area contributed by atoms with Gasteiger partial charge in [0.2, 0.25) is 0 Å². The summed E-state index contributed by atoms with van der Waals surface area (Å²) in [4.78, 5) is 40.7. The van der Waals surface area contributed by atoms with Gasteiger partial charge in [0.15, 0.2) is 17.3 Å². The van der Waals surface area contributed by atoms with E-state index >= 15 is 0 Å². The van der Waals surface area contributed by atoms with Gasteiger partial charge in [-0.25, -0.2) is 0 Å². The fraction of sp³-hybridized carbons (Fsp3) is 0.0208. The van der Waals surface area contributed by atoms with Crippen LogP contribution in [0, 0.1) is 0 Å². The fourth-order valence-electron chi connectivity index (χ4n) is 7.23. The van der Waals surface area contributed by atoms with Crippen molar-refractivity contribution in [1.29, 1.82) is 0 Å². The molecule has 0 saturated heterocycles. The molecule has 0 aromatic heterocycles. The van der Waals surface area contributed by atoms with E-state index in [0.717, 1.165) is 0 Å². The number of fused-ring (bicyclic) bond motifs is 5. The van der Waals surface area contributed by atoms with Crippen LogP contribution in [0.4, 0.5) is 34.1 Å². The molecule has 13 heteroatoms. The molecule has 8 aromatic rings. The predicted octanol–water partition coefficient (Wildman–Crippen LogP) is 12.6. The maximum absolute atomic E-state index is 13.9. The molecular weight excluding hydrogens is 792 g/mol. The number of ketones is 1. The quantitative estimate of drug-likeness (QED) is 0.105. The van der Waals surface area contributed by atoms with Gasteiger partial charge < -0.3 is 25.6 Å². The number of hydrogen-bond donors (Lipinski definition) is 4. The number of nitrogens with one attached hydrogen (secondary N) is 2. The predicted molar refractivity (Wildman–Crippen MR) is 235 cm³/mol. The fourth-order valence-corrected chi connectivity index (χ4v) is 7.41. The third-order valence-corrected chi connectivity index (χ3v) is 10.6. The Bertz CT molecular complexity index is 3200. The number of benzene rings is 8. The van der Waals surface area contributed by atoms with Crippen LogP contribution >= 0.6 is 11.6 Å². The molecule has 0 aliphatic heterocycles. The van der Waals surface area contributed by atoms with Crippen LogP contribution in [0.2, 0.25) is 5.02 Å². The zero-order chi connectivity index (χ0) is 42.2. The summed E-state index contributed by atoms with van der Waals surface area (Å²) >= 11 is 6.26. The monoisotopic (exact) mass is 822 g/mol. The number of amides is 2. The molecule has 1 aliphatic rings. The highest BCUT2D eigenvalue weighted by Gasteiger charge is 2.28. The van der Waals surface area contributed by atoms with Gasteiger partial charge in [-0.15, -0.1) is 10.2 Å². The van der Waals surface area contributed by atoms with Crippen molar-refractivity contribution in [3.63, 3.8) is 0 Å². The second kappa shape index (κ2) is 15.9. The number of ether oxygens (including phenoxy) is 1. The summed E-state index contributed by atoms with van der Waals surface area (Å²) in [7, 11) is 1.53. The molecule has 296 valence electrons. The average molecular weight is 823 g/mol. The minimum atomic E-state index is -0.584. The zero-order valence-electron chi connectivity index (χ0n) is 32.1. The number of methoxy groups -OCH3 is 1. The van der Waals surface area contributed by atoms with E-state index in [1.807, 2.05) is 12.1 Å². The number of hydrogen-bond acceptors (Lipinski definition) is 10. The highest BCUT2D eigenvalue weighted by molar-refractivity contribution is 6.34. The molecule has 0 heterocycles. The van der Waals surface area contributed by atoms with E-state index in [0.29, 0.717) is 77.3 Å². The highest BCUT2D eigenvalue weighted by atomic mass is 35.5. The van der Waals surface area contributed by atoms with Crippen molar-refractivity contribution in [3.05, 3.63) is 173 Å². The van der Waals surface area contributed by atoms with Crippen LogP contribution in [-0.4, -0.2) is 34.9 Å². The van der Waals surface area contributed by atoms with E-state index < -0.39 is 11.8 Å². The lowest BCUT2D eigenvalue weighted by molar-refractivity contribution is 0.101. The first kappa shape index (κ1) is 38.3. The summed E-state index contributed by atoms with van der Waals surface area (Å²) < 4.78 is 5.26. The molecule has 61 heavy (non-hydrogen) atoms. The summed E-state index contributed by atoms with van der Waals surface area (Å²) in [5.74, 6) is -1.58. The minimum absolute atomic E-state index is 0.00183. The summed E-state index contributed by atoms with van der Waals surface area (Å²) in [6.45, 7) is 0. The average Bonchev–Trinajstić information content (AvgIpc) is 3.55. The number of phenols is 2. The van der Waals surface area contributed by atoms with Crippen molar-refractivity contribution in [2.75, 3.05) is 17.7 Å². The highest BCUT2D eigenvalue weighted by Crippen LogP contribution is 2.44. The molecule has 0 spiro atoms. The number of para-hydroxylation sites is 1. The number of anilines is 2. The van der Waals surface area contributed by atoms with E-state index in [4.69, 9.17) is 16.3 Å².